The van der Waals surface area contributed by atoms with Crippen LogP contribution in [0.25, 0.3) is 0 Å². The van der Waals surface area contributed by atoms with Crippen molar-refractivity contribution in [1.29, 1.82) is 0 Å². The highest BCUT2D eigenvalue weighted by atomic mass is 15.3. The average Bonchev–Trinajstić information content (AvgIpc) is 2.46. The second-order valence-corrected chi connectivity index (χ2v) is 7.94. The Bertz CT molecular complexity index is 471. The van der Waals surface area contributed by atoms with Crippen LogP contribution in [0.2, 0.25) is 0 Å². The van der Waals surface area contributed by atoms with Crippen LogP contribution >= 0.6 is 0 Å². The molecule has 3 rings (SSSR count). The molecule has 1 aromatic rings. The van der Waals surface area contributed by atoms with Crippen molar-refractivity contribution in [2.45, 2.75) is 64.5 Å². The van der Waals surface area contributed by atoms with Crippen molar-refractivity contribution in [1.82, 2.24) is 4.90 Å². The van der Waals surface area contributed by atoms with Crippen LogP contribution in [0.5, 0.6) is 0 Å². The second kappa shape index (κ2) is 5.64. The molecule has 2 atom stereocenters. The number of piperidine rings is 1. The molecule has 2 aliphatic heterocycles. The lowest BCUT2D eigenvalue weighted by atomic mass is 9.87. The molecule has 0 amide bonds. The summed E-state index contributed by atoms with van der Waals surface area (Å²) < 4.78 is 0. The van der Waals surface area contributed by atoms with E-state index in [4.69, 9.17) is 0 Å². The molecule has 0 radical (unpaired) electrons. The van der Waals surface area contributed by atoms with Crippen molar-refractivity contribution in [2.75, 3.05) is 24.5 Å². The first-order valence-corrected chi connectivity index (χ1v) is 8.56. The molecule has 2 unspecified atom stereocenters. The maximum Gasteiger partial charge on any atom is 0.0389 e. The molecule has 2 nitrogen and oxygen atoms in total. The van der Waals surface area contributed by atoms with Crippen LogP contribution in [0.1, 0.15) is 52.5 Å². The first-order valence-electron chi connectivity index (χ1n) is 8.56. The Labute approximate surface area is 130 Å². The molecule has 2 heteroatoms. The highest BCUT2D eigenvalue weighted by molar-refractivity contribution is 5.50. The maximum atomic E-state index is 2.72. The van der Waals surface area contributed by atoms with Gasteiger partial charge in [-0.3, -0.25) is 4.90 Å². The van der Waals surface area contributed by atoms with Gasteiger partial charge in [0.15, 0.2) is 0 Å². The lowest BCUT2D eigenvalue weighted by Gasteiger charge is -2.48. The molecule has 2 aliphatic rings. The minimum atomic E-state index is 0.242. The lowest BCUT2D eigenvalue weighted by molar-refractivity contribution is 0.115. The van der Waals surface area contributed by atoms with E-state index in [-0.39, 0.29) is 5.41 Å². The number of anilines is 1. The first kappa shape index (κ1) is 14.9. The van der Waals surface area contributed by atoms with Crippen LogP contribution in [0, 0.1) is 0 Å². The highest BCUT2D eigenvalue weighted by Gasteiger charge is 2.33. The number of piperazine rings is 1. The van der Waals surface area contributed by atoms with Gasteiger partial charge in [-0.1, -0.05) is 39.3 Å². The molecule has 0 spiro atoms. The van der Waals surface area contributed by atoms with Crippen LogP contribution in [0.3, 0.4) is 0 Å². The third kappa shape index (κ3) is 3.11. The van der Waals surface area contributed by atoms with E-state index in [1.54, 1.807) is 0 Å². The summed E-state index contributed by atoms with van der Waals surface area (Å²) in [6.07, 6.45) is 4.18. The fourth-order valence-corrected chi connectivity index (χ4v) is 3.86. The van der Waals surface area contributed by atoms with Gasteiger partial charge in [-0.25, -0.2) is 0 Å². The number of nitrogens with zero attached hydrogens (tertiary/aromatic N) is 2. The molecule has 0 saturated carbocycles. The number of benzene rings is 1. The van der Waals surface area contributed by atoms with Gasteiger partial charge in [0.1, 0.15) is 0 Å². The summed E-state index contributed by atoms with van der Waals surface area (Å²) in [7, 11) is 0. The Morgan fingerprint density at radius 2 is 1.71 bits per heavy atom. The van der Waals surface area contributed by atoms with Gasteiger partial charge in [-0.05, 0) is 49.4 Å². The van der Waals surface area contributed by atoms with Crippen LogP contribution in [-0.2, 0) is 5.41 Å². The Balaban J connectivity index is 1.76. The largest absolute Gasteiger partial charge is 0.366 e. The van der Waals surface area contributed by atoms with Crippen LogP contribution < -0.4 is 4.90 Å². The molecule has 116 valence electrons. The lowest BCUT2D eigenvalue weighted by Crippen LogP contribution is -2.58. The van der Waals surface area contributed by atoms with E-state index in [1.165, 1.54) is 50.1 Å². The van der Waals surface area contributed by atoms with Crippen LogP contribution in [-0.4, -0.2) is 36.6 Å². The predicted octanol–water partition coefficient (Wildman–Crippen LogP) is 4.05. The van der Waals surface area contributed by atoms with Crippen LogP contribution in [0.15, 0.2) is 24.3 Å². The van der Waals surface area contributed by atoms with Gasteiger partial charge < -0.3 is 4.90 Å². The zero-order chi connectivity index (χ0) is 15.0. The Hall–Kier alpha value is -1.02. The first-order chi connectivity index (χ1) is 9.95. The van der Waals surface area contributed by atoms with E-state index in [1.807, 2.05) is 0 Å². The van der Waals surface area contributed by atoms with E-state index >= 15 is 0 Å². The summed E-state index contributed by atoms with van der Waals surface area (Å²) in [6.45, 7) is 13.0. The number of rotatable bonds is 1. The molecule has 0 bridgehead atoms. The fraction of sp³-hybridized carbons (Fsp3) is 0.684. The van der Waals surface area contributed by atoms with Gasteiger partial charge in [0.2, 0.25) is 0 Å². The quantitative estimate of drug-likeness (QED) is 0.768. The van der Waals surface area contributed by atoms with Gasteiger partial charge in [-0.2, -0.15) is 0 Å². The minimum absolute atomic E-state index is 0.242. The van der Waals surface area contributed by atoms with Gasteiger partial charge in [0.05, 0.1) is 0 Å². The fourth-order valence-electron chi connectivity index (χ4n) is 3.86. The number of fused-ring (bicyclic) bond motifs is 1. The smallest absolute Gasteiger partial charge is 0.0389 e. The number of hydrogen-bond donors (Lipinski definition) is 0. The van der Waals surface area contributed by atoms with Crippen molar-refractivity contribution in [3.63, 3.8) is 0 Å². The Morgan fingerprint density at radius 1 is 1.00 bits per heavy atom. The predicted molar refractivity (Wildman–Crippen MR) is 91.2 cm³/mol. The molecule has 2 saturated heterocycles. The minimum Gasteiger partial charge on any atom is -0.366 e. The molecule has 21 heavy (non-hydrogen) atoms. The molecule has 0 aromatic heterocycles. The third-order valence-electron chi connectivity index (χ3n) is 5.25. The summed E-state index contributed by atoms with van der Waals surface area (Å²) >= 11 is 0. The molecule has 0 N–H and O–H groups in total. The van der Waals surface area contributed by atoms with E-state index in [0.29, 0.717) is 6.04 Å². The van der Waals surface area contributed by atoms with E-state index in [9.17, 15) is 0 Å². The van der Waals surface area contributed by atoms with Gasteiger partial charge in [-0.15, -0.1) is 0 Å². The van der Waals surface area contributed by atoms with Crippen molar-refractivity contribution >= 4 is 5.69 Å². The van der Waals surface area contributed by atoms with Crippen molar-refractivity contribution in [2.24, 2.45) is 0 Å². The average molecular weight is 286 g/mol. The third-order valence-corrected chi connectivity index (χ3v) is 5.25. The zero-order valence-corrected chi connectivity index (χ0v) is 14.1. The second-order valence-electron chi connectivity index (χ2n) is 7.94. The van der Waals surface area contributed by atoms with Crippen LogP contribution in [0.4, 0.5) is 5.69 Å². The van der Waals surface area contributed by atoms with Crippen molar-refractivity contribution < 1.29 is 0 Å². The standard InChI is InChI=1S/C19H30N2/c1-15-13-20-12-6-5-7-18(20)14-21(15)17-10-8-16(9-11-17)19(2,3)4/h8-11,15,18H,5-7,12-14H2,1-4H3. The summed E-state index contributed by atoms with van der Waals surface area (Å²) in [5.41, 5.74) is 3.07. The Morgan fingerprint density at radius 3 is 2.38 bits per heavy atom. The van der Waals surface area contributed by atoms with Gasteiger partial charge >= 0.3 is 0 Å². The summed E-state index contributed by atoms with van der Waals surface area (Å²) in [4.78, 5) is 5.34. The topological polar surface area (TPSA) is 6.48 Å². The SMILES string of the molecule is CC1CN2CCCCC2CN1c1ccc(C(C)(C)C)cc1. The maximum absolute atomic E-state index is 2.72. The van der Waals surface area contributed by atoms with E-state index < -0.39 is 0 Å². The highest BCUT2D eigenvalue weighted by Crippen LogP contribution is 2.30. The molecule has 2 fully saturated rings. The summed E-state index contributed by atoms with van der Waals surface area (Å²) in [5.74, 6) is 0. The monoisotopic (exact) mass is 286 g/mol. The molecule has 2 heterocycles. The molecule has 0 aliphatic carbocycles. The Kier molecular flexibility index (Phi) is 4.00. The normalized spacial score (nSPS) is 27.5. The van der Waals surface area contributed by atoms with E-state index in [0.717, 1.165) is 6.04 Å². The summed E-state index contributed by atoms with van der Waals surface area (Å²) in [5, 5.41) is 0. The van der Waals surface area contributed by atoms with Gasteiger partial charge in [0, 0.05) is 30.9 Å². The molecule has 1 aromatic carbocycles. The zero-order valence-electron chi connectivity index (χ0n) is 14.1. The summed E-state index contributed by atoms with van der Waals surface area (Å²) in [6, 6.07) is 10.7. The van der Waals surface area contributed by atoms with E-state index in [2.05, 4.69) is 61.8 Å². The van der Waals surface area contributed by atoms with Crippen molar-refractivity contribution in [3.05, 3.63) is 29.8 Å². The van der Waals surface area contributed by atoms with Gasteiger partial charge in [0.25, 0.3) is 0 Å². The van der Waals surface area contributed by atoms with Crippen molar-refractivity contribution in [3.8, 4) is 0 Å². The molecular weight excluding hydrogens is 256 g/mol. The molecular formula is C19H30N2. The number of hydrogen-bond acceptors (Lipinski definition) is 2.